The molecule has 1 aromatic carbocycles. The Balaban J connectivity index is 1.89. The van der Waals surface area contributed by atoms with Crippen LogP contribution in [0.1, 0.15) is 23.2 Å². The Kier molecular flexibility index (Phi) is 6.50. The Hall–Kier alpha value is -2.44. The highest BCUT2D eigenvalue weighted by atomic mass is 16.5. The second-order valence-electron chi connectivity index (χ2n) is 6.36. The third-order valence-electron chi connectivity index (χ3n) is 4.47. The highest BCUT2D eigenvalue weighted by Gasteiger charge is 2.24. The van der Waals surface area contributed by atoms with Gasteiger partial charge in [0.25, 0.3) is 5.91 Å². The Labute approximate surface area is 148 Å². The maximum atomic E-state index is 12.5. The van der Waals surface area contributed by atoms with Crippen LogP contribution in [0, 0.1) is 5.92 Å². The average Bonchev–Trinajstić information content (AvgIpc) is 2.64. The number of nitrogens with zero attached hydrogens (tertiary/aromatic N) is 2. The van der Waals surface area contributed by atoms with Gasteiger partial charge in [-0.2, -0.15) is 0 Å². The van der Waals surface area contributed by atoms with E-state index in [9.17, 15) is 9.59 Å². The van der Waals surface area contributed by atoms with Gasteiger partial charge in [0.1, 0.15) is 0 Å². The van der Waals surface area contributed by atoms with Crippen molar-refractivity contribution < 1.29 is 19.1 Å². The average molecular weight is 349 g/mol. The van der Waals surface area contributed by atoms with Crippen molar-refractivity contribution in [2.75, 3.05) is 47.9 Å². The molecule has 1 N–H and O–H groups in total. The molecule has 0 bridgehead atoms. The molecule has 0 atom stereocenters. The molecule has 1 aliphatic heterocycles. The van der Waals surface area contributed by atoms with Gasteiger partial charge in [-0.05, 0) is 30.9 Å². The second kappa shape index (κ2) is 8.60. The van der Waals surface area contributed by atoms with Crippen molar-refractivity contribution in [2.24, 2.45) is 5.92 Å². The zero-order valence-corrected chi connectivity index (χ0v) is 15.4. The Morgan fingerprint density at radius 3 is 2.44 bits per heavy atom. The minimum absolute atomic E-state index is 0.0450. The van der Waals surface area contributed by atoms with Crippen LogP contribution in [0.2, 0.25) is 0 Å². The van der Waals surface area contributed by atoms with Crippen molar-refractivity contribution in [3.8, 4) is 11.5 Å². The Bertz CT molecular complexity index is 610. The Morgan fingerprint density at radius 2 is 1.88 bits per heavy atom. The van der Waals surface area contributed by atoms with Gasteiger partial charge < -0.3 is 24.6 Å². The molecule has 0 aromatic heterocycles. The van der Waals surface area contributed by atoms with E-state index in [1.54, 1.807) is 44.3 Å². The van der Waals surface area contributed by atoms with E-state index in [1.807, 2.05) is 4.90 Å². The fourth-order valence-electron chi connectivity index (χ4n) is 3.01. The summed E-state index contributed by atoms with van der Waals surface area (Å²) < 4.78 is 10.5. The molecule has 7 nitrogen and oxygen atoms in total. The molecule has 1 saturated heterocycles. The molecule has 0 spiro atoms. The zero-order valence-electron chi connectivity index (χ0n) is 15.4. The first-order chi connectivity index (χ1) is 12.0. The van der Waals surface area contributed by atoms with Crippen molar-refractivity contribution in [3.05, 3.63) is 23.8 Å². The number of urea groups is 1. The molecule has 1 aromatic rings. The molecule has 1 heterocycles. The van der Waals surface area contributed by atoms with Gasteiger partial charge in [0.05, 0.1) is 19.8 Å². The van der Waals surface area contributed by atoms with Crippen LogP contribution in [0.5, 0.6) is 11.5 Å². The summed E-state index contributed by atoms with van der Waals surface area (Å²) in [4.78, 5) is 27.9. The van der Waals surface area contributed by atoms with Crippen molar-refractivity contribution in [2.45, 2.75) is 12.8 Å². The van der Waals surface area contributed by atoms with Crippen molar-refractivity contribution in [1.82, 2.24) is 15.1 Å². The number of carbonyl (C=O) groups excluding carboxylic acids is 2. The molecule has 7 heteroatoms. The number of piperidine rings is 1. The highest BCUT2D eigenvalue weighted by Crippen LogP contribution is 2.30. The number of benzene rings is 1. The molecule has 2 rings (SSSR count). The molecule has 1 fully saturated rings. The lowest BCUT2D eigenvalue weighted by atomic mass is 9.97. The van der Waals surface area contributed by atoms with Crippen molar-refractivity contribution >= 4 is 11.9 Å². The summed E-state index contributed by atoms with van der Waals surface area (Å²) >= 11 is 0. The van der Waals surface area contributed by atoms with Gasteiger partial charge >= 0.3 is 6.03 Å². The molecule has 0 unspecified atom stereocenters. The lowest BCUT2D eigenvalue weighted by Gasteiger charge is -2.33. The van der Waals surface area contributed by atoms with Gasteiger partial charge in [0, 0.05) is 33.7 Å². The number of rotatable bonds is 5. The van der Waals surface area contributed by atoms with E-state index < -0.39 is 0 Å². The van der Waals surface area contributed by atoms with Gasteiger partial charge in [-0.15, -0.1) is 0 Å². The normalized spacial score (nSPS) is 14.8. The highest BCUT2D eigenvalue weighted by molar-refractivity contribution is 5.97. The van der Waals surface area contributed by atoms with Crippen LogP contribution in [-0.2, 0) is 0 Å². The summed E-state index contributed by atoms with van der Waals surface area (Å²) in [6.45, 7) is 2.03. The monoisotopic (exact) mass is 349 g/mol. The predicted molar refractivity (Wildman–Crippen MR) is 95.3 cm³/mol. The fraction of sp³-hybridized carbons (Fsp3) is 0.556. The lowest BCUT2D eigenvalue weighted by Crippen LogP contribution is -2.45. The summed E-state index contributed by atoms with van der Waals surface area (Å²) in [6.07, 6.45) is 1.77. The SMILES string of the molecule is COc1cccc(C(=O)NCC2CCN(C(=O)N(C)C)CC2)c1OC. The van der Waals surface area contributed by atoms with E-state index in [1.165, 1.54) is 7.11 Å². The number of likely N-dealkylation sites (tertiary alicyclic amines) is 1. The molecule has 3 amide bonds. The lowest BCUT2D eigenvalue weighted by molar-refractivity contribution is 0.0932. The summed E-state index contributed by atoms with van der Waals surface area (Å²) in [5.41, 5.74) is 0.460. The van der Waals surface area contributed by atoms with E-state index in [0.717, 1.165) is 25.9 Å². The van der Waals surface area contributed by atoms with Crippen LogP contribution in [0.15, 0.2) is 18.2 Å². The largest absolute Gasteiger partial charge is 0.493 e. The molecule has 25 heavy (non-hydrogen) atoms. The first kappa shape index (κ1) is 18.9. The van der Waals surface area contributed by atoms with Gasteiger partial charge in [0.2, 0.25) is 0 Å². The quantitative estimate of drug-likeness (QED) is 0.880. The Morgan fingerprint density at radius 1 is 1.20 bits per heavy atom. The molecule has 1 aliphatic rings. The number of hydrogen-bond donors (Lipinski definition) is 1. The number of hydrogen-bond acceptors (Lipinski definition) is 4. The van der Waals surface area contributed by atoms with Crippen molar-refractivity contribution in [1.29, 1.82) is 0 Å². The molecule has 0 aliphatic carbocycles. The van der Waals surface area contributed by atoms with E-state index in [0.29, 0.717) is 29.5 Å². The first-order valence-electron chi connectivity index (χ1n) is 8.43. The van der Waals surface area contributed by atoms with Crippen LogP contribution in [0.3, 0.4) is 0 Å². The summed E-state index contributed by atoms with van der Waals surface area (Å²) in [5.74, 6) is 1.16. The van der Waals surface area contributed by atoms with Crippen molar-refractivity contribution in [3.63, 3.8) is 0 Å². The summed E-state index contributed by atoms with van der Waals surface area (Å²) in [5, 5.41) is 2.97. The number of amides is 3. The number of carbonyl (C=O) groups is 2. The molecular formula is C18H27N3O4. The maximum absolute atomic E-state index is 12.5. The standard InChI is InChI=1S/C18H27N3O4/c1-20(2)18(23)21-10-8-13(9-11-21)12-19-17(22)14-6-5-7-15(24-3)16(14)25-4/h5-7,13H,8-12H2,1-4H3,(H,19,22). The molecular weight excluding hydrogens is 322 g/mol. The van der Waals surface area contributed by atoms with Crippen LogP contribution in [-0.4, -0.2) is 69.7 Å². The van der Waals surface area contributed by atoms with Gasteiger partial charge in [-0.3, -0.25) is 4.79 Å². The fourth-order valence-corrected chi connectivity index (χ4v) is 3.01. The van der Waals surface area contributed by atoms with E-state index >= 15 is 0 Å². The zero-order chi connectivity index (χ0) is 18.4. The molecule has 0 radical (unpaired) electrons. The van der Waals surface area contributed by atoms with E-state index in [-0.39, 0.29) is 11.9 Å². The number of ether oxygens (including phenoxy) is 2. The smallest absolute Gasteiger partial charge is 0.319 e. The third kappa shape index (κ3) is 4.55. The van der Waals surface area contributed by atoms with Gasteiger partial charge in [0.15, 0.2) is 11.5 Å². The van der Waals surface area contributed by atoms with Gasteiger partial charge in [-0.1, -0.05) is 6.07 Å². The minimum Gasteiger partial charge on any atom is -0.493 e. The number of para-hydroxylation sites is 1. The topological polar surface area (TPSA) is 71.1 Å². The third-order valence-corrected chi connectivity index (χ3v) is 4.47. The van der Waals surface area contributed by atoms with E-state index in [2.05, 4.69) is 5.32 Å². The van der Waals surface area contributed by atoms with Crippen LogP contribution >= 0.6 is 0 Å². The molecule has 0 saturated carbocycles. The maximum Gasteiger partial charge on any atom is 0.319 e. The van der Waals surface area contributed by atoms with Crippen LogP contribution < -0.4 is 14.8 Å². The summed E-state index contributed by atoms with van der Waals surface area (Å²) in [7, 11) is 6.58. The number of methoxy groups -OCH3 is 2. The predicted octanol–water partition coefficient (Wildman–Crippen LogP) is 1.83. The minimum atomic E-state index is -0.178. The molecule has 138 valence electrons. The second-order valence-corrected chi connectivity index (χ2v) is 6.36. The van der Waals surface area contributed by atoms with Gasteiger partial charge in [-0.25, -0.2) is 4.79 Å². The van der Waals surface area contributed by atoms with E-state index in [4.69, 9.17) is 9.47 Å². The van der Waals surface area contributed by atoms with Crippen LogP contribution in [0.25, 0.3) is 0 Å². The summed E-state index contributed by atoms with van der Waals surface area (Å²) in [6, 6.07) is 5.28. The number of nitrogens with one attached hydrogen (secondary N) is 1. The van der Waals surface area contributed by atoms with Crippen LogP contribution in [0.4, 0.5) is 4.79 Å². The first-order valence-corrected chi connectivity index (χ1v) is 8.43.